The summed E-state index contributed by atoms with van der Waals surface area (Å²) in [7, 11) is 0. The molecule has 2 rings (SSSR count). The molecule has 0 aromatic heterocycles. The average molecular weight is 263 g/mol. The smallest absolute Gasteiger partial charge is 0.336 e. The molecule has 1 amide bonds. The van der Waals surface area contributed by atoms with Crippen molar-refractivity contribution < 1.29 is 19.4 Å². The Kier molecular flexibility index (Phi) is 3.85. The highest BCUT2D eigenvalue weighted by molar-refractivity contribution is 5.97. The largest absolute Gasteiger partial charge is 0.478 e. The average Bonchev–Trinajstić information content (AvgIpc) is 2.86. The van der Waals surface area contributed by atoms with Gasteiger partial charge in [0.2, 0.25) is 0 Å². The van der Waals surface area contributed by atoms with Crippen LogP contribution in [0.25, 0.3) is 0 Å². The minimum Gasteiger partial charge on any atom is -0.478 e. The zero-order chi connectivity index (χ0) is 14.0. The molecule has 1 saturated heterocycles. The number of carboxylic acids is 1. The molecule has 1 fully saturated rings. The SMILES string of the molecule is Cc1cc(NC(=O)[C@@H]2CCCO2)cc(C(=O)O)c1C. The van der Waals surface area contributed by atoms with Crippen molar-refractivity contribution in [2.75, 3.05) is 11.9 Å². The lowest BCUT2D eigenvalue weighted by Gasteiger charge is -2.13. The third kappa shape index (κ3) is 2.93. The molecule has 0 bridgehead atoms. The maximum atomic E-state index is 11.9. The lowest BCUT2D eigenvalue weighted by molar-refractivity contribution is -0.124. The van der Waals surface area contributed by atoms with Crippen LogP contribution >= 0.6 is 0 Å². The van der Waals surface area contributed by atoms with Crippen molar-refractivity contribution in [3.05, 3.63) is 28.8 Å². The number of hydrogen-bond acceptors (Lipinski definition) is 3. The van der Waals surface area contributed by atoms with Gasteiger partial charge in [0.25, 0.3) is 5.91 Å². The number of aromatic carboxylic acids is 1. The van der Waals surface area contributed by atoms with Crippen LogP contribution in [-0.4, -0.2) is 29.7 Å². The predicted octanol–water partition coefficient (Wildman–Crippen LogP) is 2.12. The lowest BCUT2D eigenvalue weighted by Crippen LogP contribution is -2.27. The number of amides is 1. The minimum absolute atomic E-state index is 0.211. The van der Waals surface area contributed by atoms with Gasteiger partial charge in [-0.25, -0.2) is 4.79 Å². The van der Waals surface area contributed by atoms with E-state index >= 15 is 0 Å². The fourth-order valence-corrected chi connectivity index (χ4v) is 2.16. The fraction of sp³-hybridized carbons (Fsp3) is 0.429. The Balaban J connectivity index is 2.20. The van der Waals surface area contributed by atoms with Crippen molar-refractivity contribution in [2.24, 2.45) is 0 Å². The number of nitrogens with one attached hydrogen (secondary N) is 1. The molecule has 0 aliphatic carbocycles. The minimum atomic E-state index is -0.992. The van der Waals surface area contributed by atoms with Gasteiger partial charge in [-0.1, -0.05) is 0 Å². The van der Waals surface area contributed by atoms with Gasteiger partial charge >= 0.3 is 5.97 Å². The first-order valence-electron chi connectivity index (χ1n) is 6.26. The molecule has 102 valence electrons. The van der Waals surface area contributed by atoms with Gasteiger partial charge in [-0.15, -0.1) is 0 Å². The quantitative estimate of drug-likeness (QED) is 0.875. The van der Waals surface area contributed by atoms with Crippen LogP contribution in [0.2, 0.25) is 0 Å². The van der Waals surface area contributed by atoms with Gasteiger partial charge in [-0.2, -0.15) is 0 Å². The molecule has 2 N–H and O–H groups in total. The summed E-state index contributed by atoms with van der Waals surface area (Å²) in [5.41, 5.74) is 2.26. The van der Waals surface area contributed by atoms with E-state index in [4.69, 9.17) is 9.84 Å². The summed E-state index contributed by atoms with van der Waals surface area (Å²) in [6.07, 6.45) is 1.17. The van der Waals surface area contributed by atoms with Crippen LogP contribution in [0.4, 0.5) is 5.69 Å². The molecule has 19 heavy (non-hydrogen) atoms. The van der Waals surface area contributed by atoms with Gasteiger partial charge in [0.05, 0.1) is 5.56 Å². The Morgan fingerprint density at radius 2 is 2.11 bits per heavy atom. The number of benzene rings is 1. The summed E-state index contributed by atoms with van der Waals surface area (Å²) in [6.45, 7) is 4.18. The number of hydrogen-bond donors (Lipinski definition) is 2. The van der Waals surface area contributed by atoms with E-state index in [0.29, 0.717) is 24.3 Å². The Morgan fingerprint density at radius 1 is 1.37 bits per heavy atom. The zero-order valence-electron chi connectivity index (χ0n) is 11.0. The van der Waals surface area contributed by atoms with Crippen LogP contribution in [-0.2, 0) is 9.53 Å². The second-order valence-corrected chi connectivity index (χ2v) is 4.76. The zero-order valence-corrected chi connectivity index (χ0v) is 11.0. The van der Waals surface area contributed by atoms with E-state index in [-0.39, 0.29) is 11.5 Å². The summed E-state index contributed by atoms with van der Waals surface area (Å²) in [5, 5.41) is 11.8. The van der Waals surface area contributed by atoms with Crippen molar-refractivity contribution in [3.8, 4) is 0 Å². The van der Waals surface area contributed by atoms with Crippen molar-refractivity contribution in [3.63, 3.8) is 0 Å². The van der Waals surface area contributed by atoms with Gasteiger partial charge < -0.3 is 15.2 Å². The molecule has 0 radical (unpaired) electrons. The highest BCUT2D eigenvalue weighted by Crippen LogP contribution is 2.21. The molecule has 1 atom stereocenters. The first-order chi connectivity index (χ1) is 8.99. The molecule has 1 heterocycles. The third-order valence-electron chi connectivity index (χ3n) is 3.39. The molecule has 5 nitrogen and oxygen atoms in total. The van der Waals surface area contributed by atoms with Crippen molar-refractivity contribution in [1.82, 2.24) is 0 Å². The van der Waals surface area contributed by atoms with E-state index in [1.54, 1.807) is 13.0 Å². The third-order valence-corrected chi connectivity index (χ3v) is 3.39. The normalized spacial score (nSPS) is 18.3. The molecule has 0 unspecified atom stereocenters. The number of anilines is 1. The Bertz CT molecular complexity index is 518. The van der Waals surface area contributed by atoms with Gasteiger partial charge in [0.1, 0.15) is 6.10 Å². The van der Waals surface area contributed by atoms with Crippen LogP contribution in [0.1, 0.15) is 34.3 Å². The molecule has 1 aromatic rings. The van der Waals surface area contributed by atoms with Crippen LogP contribution in [0.15, 0.2) is 12.1 Å². The number of aryl methyl sites for hydroxylation is 1. The summed E-state index contributed by atoms with van der Waals surface area (Å²) >= 11 is 0. The summed E-state index contributed by atoms with van der Waals surface area (Å²) < 4.78 is 5.29. The van der Waals surface area contributed by atoms with Gasteiger partial charge in [0.15, 0.2) is 0 Å². The highest BCUT2D eigenvalue weighted by atomic mass is 16.5. The first kappa shape index (κ1) is 13.5. The molecule has 1 aliphatic heterocycles. The summed E-state index contributed by atoms with van der Waals surface area (Å²) in [5.74, 6) is -1.20. The Labute approximate surface area is 111 Å². The number of rotatable bonds is 3. The second kappa shape index (κ2) is 5.40. The van der Waals surface area contributed by atoms with Crippen molar-refractivity contribution in [1.29, 1.82) is 0 Å². The monoisotopic (exact) mass is 263 g/mol. The highest BCUT2D eigenvalue weighted by Gasteiger charge is 2.24. The molecule has 5 heteroatoms. The number of ether oxygens (including phenoxy) is 1. The number of carboxylic acid groups (broad SMARTS) is 1. The lowest BCUT2D eigenvalue weighted by atomic mass is 10.0. The molecule has 0 spiro atoms. The van der Waals surface area contributed by atoms with Crippen molar-refractivity contribution in [2.45, 2.75) is 32.8 Å². The molecule has 1 aliphatic rings. The molecule has 1 aromatic carbocycles. The van der Waals surface area contributed by atoms with E-state index in [1.165, 1.54) is 6.07 Å². The molecular formula is C14H17NO4. The predicted molar refractivity (Wildman–Crippen MR) is 70.5 cm³/mol. The van der Waals surface area contributed by atoms with Crippen LogP contribution in [0.5, 0.6) is 0 Å². The molecular weight excluding hydrogens is 246 g/mol. The second-order valence-electron chi connectivity index (χ2n) is 4.76. The van der Waals surface area contributed by atoms with Crippen molar-refractivity contribution >= 4 is 17.6 Å². The number of carbonyl (C=O) groups excluding carboxylic acids is 1. The Morgan fingerprint density at radius 3 is 2.68 bits per heavy atom. The topological polar surface area (TPSA) is 75.6 Å². The number of carbonyl (C=O) groups is 2. The van der Waals surface area contributed by atoms with Crippen LogP contribution < -0.4 is 5.32 Å². The van der Waals surface area contributed by atoms with Crippen LogP contribution in [0.3, 0.4) is 0 Å². The standard InChI is InChI=1S/C14H17NO4/c1-8-6-10(7-11(9(8)2)14(17)18)15-13(16)12-4-3-5-19-12/h6-7,12H,3-5H2,1-2H3,(H,15,16)(H,17,18)/t12-/m0/s1. The van der Waals surface area contributed by atoms with E-state index < -0.39 is 12.1 Å². The van der Waals surface area contributed by atoms with E-state index in [0.717, 1.165) is 12.0 Å². The van der Waals surface area contributed by atoms with E-state index in [2.05, 4.69) is 5.32 Å². The maximum absolute atomic E-state index is 11.9. The Hall–Kier alpha value is -1.88. The van der Waals surface area contributed by atoms with Gasteiger partial charge in [-0.3, -0.25) is 4.79 Å². The maximum Gasteiger partial charge on any atom is 0.336 e. The molecule has 0 saturated carbocycles. The van der Waals surface area contributed by atoms with E-state index in [9.17, 15) is 9.59 Å². The van der Waals surface area contributed by atoms with Gasteiger partial charge in [-0.05, 0) is 49.9 Å². The van der Waals surface area contributed by atoms with E-state index in [1.807, 2.05) is 6.92 Å². The summed E-state index contributed by atoms with van der Waals surface area (Å²) in [4.78, 5) is 23.0. The first-order valence-corrected chi connectivity index (χ1v) is 6.26. The fourth-order valence-electron chi connectivity index (χ4n) is 2.16. The van der Waals surface area contributed by atoms with Crippen LogP contribution in [0, 0.1) is 13.8 Å². The summed E-state index contributed by atoms with van der Waals surface area (Å²) in [6, 6.07) is 3.26. The van der Waals surface area contributed by atoms with Gasteiger partial charge in [0, 0.05) is 12.3 Å².